The number of carboxylic acid groups (broad SMARTS) is 1. The number of hydrogen-bond acceptors (Lipinski definition) is 7. The van der Waals surface area contributed by atoms with Crippen LogP contribution in [-0.2, 0) is 30.5 Å². The molecule has 0 unspecified atom stereocenters. The third kappa shape index (κ3) is 5.71. The maximum Gasteiger partial charge on any atom is 0.416 e. The van der Waals surface area contributed by atoms with E-state index in [4.69, 9.17) is 11.6 Å². The summed E-state index contributed by atoms with van der Waals surface area (Å²) in [6, 6.07) is 7.76. The van der Waals surface area contributed by atoms with Crippen LogP contribution in [0.25, 0.3) is 11.0 Å². The Morgan fingerprint density at radius 1 is 1.20 bits per heavy atom. The number of benzene rings is 2. The number of aromatic nitrogens is 3. The number of aliphatic carboxylic acids is 1. The average molecular weight is 675 g/mol. The molecule has 44 heavy (non-hydrogen) atoms. The molecule has 0 aliphatic carbocycles. The Hall–Kier alpha value is -2.75. The van der Waals surface area contributed by atoms with Crippen LogP contribution in [-0.4, -0.2) is 46.0 Å². The monoisotopic (exact) mass is 674 g/mol. The number of fused-ring (bicyclic) bond motifs is 2. The van der Waals surface area contributed by atoms with Gasteiger partial charge in [-0.05, 0) is 74.1 Å². The first-order valence-electron chi connectivity index (χ1n) is 13.7. The molecule has 0 saturated heterocycles. The van der Waals surface area contributed by atoms with Crippen LogP contribution in [0, 0.1) is 17.2 Å². The van der Waals surface area contributed by atoms with Crippen LogP contribution in [0.5, 0.6) is 0 Å². The molecule has 15 heteroatoms. The predicted octanol–water partition coefficient (Wildman–Crippen LogP) is 8.29. The van der Waals surface area contributed by atoms with Crippen molar-refractivity contribution in [1.82, 2.24) is 19.3 Å². The van der Waals surface area contributed by atoms with Gasteiger partial charge in [0, 0.05) is 30.4 Å². The molecule has 4 aromatic rings. The van der Waals surface area contributed by atoms with Crippen molar-refractivity contribution < 1.29 is 36.6 Å². The van der Waals surface area contributed by atoms with E-state index in [2.05, 4.69) is 10.3 Å². The van der Waals surface area contributed by atoms with Gasteiger partial charge in [0.2, 0.25) is 0 Å². The standard InChI is InChI=1S/C29H31ClF4N4O4S2/c1-5-38-20-9-8-19(24(31)25(20)35-36-38)23(28(3,4)27(39)40)21-11-17(26(30)43-21)14-37-13-15(2)10-16-6-7-18(29(32,33)34)12-22(16)44(37,41)42/h6-9,11-12,15,23,41-42H,5,10,13-14H2,1-4H3,(H,39,40)/t15-,23-/m0/s1. The number of nitrogens with zero attached hydrogens (tertiary/aromatic N) is 4. The van der Waals surface area contributed by atoms with Crippen LogP contribution in [0.2, 0.25) is 4.34 Å². The Morgan fingerprint density at radius 3 is 2.55 bits per heavy atom. The van der Waals surface area contributed by atoms with E-state index in [9.17, 15) is 32.2 Å². The number of aryl methyl sites for hydroxylation is 1. The third-order valence-corrected chi connectivity index (χ3v) is 11.6. The van der Waals surface area contributed by atoms with E-state index in [0.29, 0.717) is 34.5 Å². The number of carboxylic acids is 1. The minimum atomic E-state index is -4.67. The van der Waals surface area contributed by atoms with Crippen LogP contribution < -0.4 is 0 Å². The highest BCUT2D eigenvalue weighted by Crippen LogP contribution is 2.57. The van der Waals surface area contributed by atoms with Crippen LogP contribution in [0.3, 0.4) is 0 Å². The number of thiophene rings is 1. The van der Waals surface area contributed by atoms with Crippen LogP contribution >= 0.6 is 33.7 Å². The molecule has 3 N–H and O–H groups in total. The summed E-state index contributed by atoms with van der Waals surface area (Å²) in [4.78, 5) is 12.7. The number of alkyl halides is 3. The molecule has 2 atom stereocenters. The summed E-state index contributed by atoms with van der Waals surface area (Å²) in [7, 11) is -3.88. The van der Waals surface area contributed by atoms with Crippen molar-refractivity contribution >= 4 is 50.7 Å². The summed E-state index contributed by atoms with van der Waals surface area (Å²) >= 11 is 7.70. The summed E-state index contributed by atoms with van der Waals surface area (Å²) < 4.78 is 82.4. The van der Waals surface area contributed by atoms with Gasteiger partial charge in [-0.2, -0.15) is 17.5 Å². The molecule has 238 valence electrons. The van der Waals surface area contributed by atoms with E-state index in [1.807, 2.05) is 13.8 Å². The van der Waals surface area contributed by atoms with Gasteiger partial charge in [0.1, 0.15) is 5.52 Å². The van der Waals surface area contributed by atoms with Crippen molar-refractivity contribution in [3.8, 4) is 0 Å². The zero-order valence-electron chi connectivity index (χ0n) is 24.2. The largest absolute Gasteiger partial charge is 0.481 e. The van der Waals surface area contributed by atoms with E-state index < -0.39 is 45.6 Å². The van der Waals surface area contributed by atoms with Crippen molar-refractivity contribution in [3.05, 3.63) is 73.7 Å². The summed E-state index contributed by atoms with van der Waals surface area (Å²) in [5, 5.41) is 18.1. The quantitative estimate of drug-likeness (QED) is 0.169. The van der Waals surface area contributed by atoms with Crippen molar-refractivity contribution in [2.24, 2.45) is 11.3 Å². The van der Waals surface area contributed by atoms with Crippen molar-refractivity contribution in [2.75, 3.05) is 6.54 Å². The first-order valence-corrected chi connectivity index (χ1v) is 16.4. The Balaban J connectivity index is 1.57. The van der Waals surface area contributed by atoms with E-state index >= 15 is 4.39 Å². The molecular weight excluding hydrogens is 644 g/mol. The Labute approximate surface area is 261 Å². The lowest BCUT2D eigenvalue weighted by Gasteiger charge is -2.43. The fourth-order valence-electron chi connectivity index (χ4n) is 5.70. The second-order valence-corrected chi connectivity index (χ2v) is 15.3. The highest BCUT2D eigenvalue weighted by atomic mass is 35.5. The van der Waals surface area contributed by atoms with Gasteiger partial charge in [-0.25, -0.2) is 9.07 Å². The first kappa shape index (κ1) is 32.6. The van der Waals surface area contributed by atoms with Crippen LogP contribution in [0.15, 0.2) is 41.3 Å². The molecule has 0 fully saturated rings. The maximum absolute atomic E-state index is 16.0. The number of carbonyl (C=O) groups is 1. The summed E-state index contributed by atoms with van der Waals surface area (Å²) in [6.07, 6.45) is -4.34. The SMILES string of the molecule is CCn1nnc2c(F)c([C@@H](c3cc(CN4C[C@@H](C)Cc5ccc(C(F)(F)F)cc5S4(O)O)c(Cl)s3)C(C)(C)C(=O)O)ccc21. The molecule has 0 bridgehead atoms. The van der Waals surface area contributed by atoms with Gasteiger partial charge in [-0.15, -0.1) is 27.2 Å². The molecule has 0 saturated carbocycles. The molecule has 5 rings (SSSR count). The normalized spacial score (nSPS) is 19.0. The van der Waals surface area contributed by atoms with E-state index in [0.717, 1.165) is 23.5 Å². The highest BCUT2D eigenvalue weighted by molar-refractivity contribution is 8.22. The van der Waals surface area contributed by atoms with Crippen molar-refractivity contribution in [3.63, 3.8) is 0 Å². The Bertz CT molecular complexity index is 1740. The highest BCUT2D eigenvalue weighted by Gasteiger charge is 2.43. The molecular formula is C29H31ClF4N4O4S2. The lowest BCUT2D eigenvalue weighted by Crippen LogP contribution is -2.32. The lowest BCUT2D eigenvalue weighted by molar-refractivity contribution is -0.147. The lowest BCUT2D eigenvalue weighted by atomic mass is 9.73. The fourth-order valence-corrected chi connectivity index (χ4v) is 9.14. The van der Waals surface area contributed by atoms with E-state index in [1.54, 1.807) is 12.1 Å². The predicted molar refractivity (Wildman–Crippen MR) is 162 cm³/mol. The van der Waals surface area contributed by atoms with Crippen molar-refractivity contribution in [2.45, 2.75) is 64.2 Å². The van der Waals surface area contributed by atoms with Gasteiger partial charge >= 0.3 is 12.1 Å². The zero-order chi connectivity index (χ0) is 32.4. The summed E-state index contributed by atoms with van der Waals surface area (Å²) in [5.74, 6) is -3.06. The Morgan fingerprint density at radius 2 is 1.91 bits per heavy atom. The van der Waals surface area contributed by atoms with Crippen molar-refractivity contribution in [1.29, 1.82) is 0 Å². The van der Waals surface area contributed by atoms with Gasteiger partial charge in [-0.1, -0.05) is 35.9 Å². The maximum atomic E-state index is 16.0. The molecule has 8 nitrogen and oxygen atoms in total. The Kier molecular flexibility index (Phi) is 8.57. The molecule has 2 aromatic heterocycles. The average Bonchev–Trinajstić information content (AvgIpc) is 3.49. The van der Waals surface area contributed by atoms with Gasteiger partial charge in [0.15, 0.2) is 5.82 Å². The second kappa shape index (κ2) is 11.6. The first-order chi connectivity index (χ1) is 20.5. The zero-order valence-corrected chi connectivity index (χ0v) is 26.6. The molecule has 1 aliphatic heterocycles. The number of halogens is 5. The van der Waals surface area contributed by atoms with Crippen LogP contribution in [0.4, 0.5) is 17.6 Å². The second-order valence-electron chi connectivity index (χ2n) is 11.6. The smallest absolute Gasteiger partial charge is 0.416 e. The number of hydrogen-bond donors (Lipinski definition) is 3. The fraction of sp³-hybridized carbons (Fsp3) is 0.414. The van der Waals surface area contributed by atoms with Gasteiger partial charge < -0.3 is 5.11 Å². The molecule has 0 radical (unpaired) electrons. The van der Waals surface area contributed by atoms with E-state index in [-0.39, 0.29) is 39.3 Å². The molecule has 1 aliphatic rings. The minimum Gasteiger partial charge on any atom is -0.481 e. The number of rotatable bonds is 7. The molecule has 0 spiro atoms. The molecule has 0 amide bonds. The van der Waals surface area contributed by atoms with Gasteiger partial charge in [-0.3, -0.25) is 13.9 Å². The van der Waals surface area contributed by atoms with Gasteiger partial charge in [0.25, 0.3) is 0 Å². The third-order valence-electron chi connectivity index (χ3n) is 8.08. The molecule has 2 aromatic carbocycles. The van der Waals surface area contributed by atoms with E-state index in [1.165, 1.54) is 35.0 Å². The van der Waals surface area contributed by atoms with Crippen LogP contribution in [0.1, 0.15) is 60.7 Å². The van der Waals surface area contributed by atoms with Gasteiger partial charge in [0.05, 0.1) is 25.7 Å². The molecule has 3 heterocycles. The summed E-state index contributed by atoms with van der Waals surface area (Å²) in [6.45, 7) is 7.09. The minimum absolute atomic E-state index is 0.00260. The summed E-state index contributed by atoms with van der Waals surface area (Å²) in [5.41, 5.74) is -1.15. The topological polar surface area (TPSA) is 112 Å².